The molecule has 0 N–H and O–H groups in total. The molecule has 0 aromatic carbocycles. The molecular formula is C65H116O6. The lowest BCUT2D eigenvalue weighted by molar-refractivity contribution is -0.167. The first-order valence-corrected chi connectivity index (χ1v) is 30.8. The summed E-state index contributed by atoms with van der Waals surface area (Å²) in [4.78, 5) is 38.2. The van der Waals surface area contributed by atoms with Crippen molar-refractivity contribution in [3.63, 3.8) is 0 Å². The number of ether oxygens (including phenoxy) is 3. The fourth-order valence-electron chi connectivity index (χ4n) is 8.84. The lowest BCUT2D eigenvalue weighted by Crippen LogP contribution is -2.30. The molecule has 6 nitrogen and oxygen atoms in total. The molecule has 0 spiro atoms. The van der Waals surface area contributed by atoms with Crippen LogP contribution in [0.1, 0.15) is 316 Å². The summed E-state index contributed by atoms with van der Waals surface area (Å²) in [6, 6.07) is 0. The molecule has 0 aromatic heterocycles. The second-order valence-corrected chi connectivity index (χ2v) is 20.6. The van der Waals surface area contributed by atoms with Crippen LogP contribution in [0, 0.1) is 0 Å². The number of esters is 3. The van der Waals surface area contributed by atoms with E-state index < -0.39 is 6.10 Å². The topological polar surface area (TPSA) is 78.9 Å². The van der Waals surface area contributed by atoms with Gasteiger partial charge in [-0.05, 0) is 83.5 Å². The zero-order valence-electron chi connectivity index (χ0n) is 47.2. The third-order valence-electron chi connectivity index (χ3n) is 13.5. The predicted octanol–water partition coefficient (Wildman–Crippen LogP) is 20.8. The molecule has 412 valence electrons. The molecule has 0 fully saturated rings. The molecule has 0 aliphatic rings. The number of hydrogen-bond acceptors (Lipinski definition) is 6. The van der Waals surface area contributed by atoms with E-state index in [9.17, 15) is 14.4 Å². The maximum Gasteiger partial charge on any atom is 0.306 e. The summed E-state index contributed by atoms with van der Waals surface area (Å²) in [7, 11) is 0. The predicted molar refractivity (Wildman–Crippen MR) is 307 cm³/mol. The first-order chi connectivity index (χ1) is 35.0. The fourth-order valence-corrected chi connectivity index (χ4v) is 8.84. The number of carbonyl (C=O) groups is 3. The first kappa shape index (κ1) is 68.1. The van der Waals surface area contributed by atoms with Gasteiger partial charge in [0.1, 0.15) is 13.2 Å². The van der Waals surface area contributed by atoms with Crippen LogP contribution in [0.25, 0.3) is 0 Å². The van der Waals surface area contributed by atoms with E-state index in [4.69, 9.17) is 14.2 Å². The van der Waals surface area contributed by atoms with Crippen LogP contribution < -0.4 is 0 Å². The number of carbonyl (C=O) groups excluding carboxylic acids is 3. The zero-order valence-corrected chi connectivity index (χ0v) is 47.2. The lowest BCUT2D eigenvalue weighted by atomic mass is 10.0. The summed E-state index contributed by atoms with van der Waals surface area (Å²) in [5.41, 5.74) is 0. The van der Waals surface area contributed by atoms with E-state index in [1.165, 1.54) is 193 Å². The van der Waals surface area contributed by atoms with Crippen LogP contribution in [0.3, 0.4) is 0 Å². The average molecular weight is 994 g/mol. The van der Waals surface area contributed by atoms with Gasteiger partial charge in [0.2, 0.25) is 0 Å². The molecule has 0 saturated heterocycles. The summed E-state index contributed by atoms with van der Waals surface area (Å²) < 4.78 is 16.9. The number of unbranched alkanes of at least 4 members (excludes halogenated alkanes) is 35. The Labute approximate surface area is 440 Å². The van der Waals surface area contributed by atoms with Crippen LogP contribution >= 0.6 is 0 Å². The summed E-state index contributed by atoms with van der Waals surface area (Å²) in [5.74, 6) is -0.945. The molecule has 0 rings (SSSR count). The molecule has 6 heteroatoms. The van der Waals surface area contributed by atoms with Crippen LogP contribution in [0.15, 0.2) is 60.8 Å². The maximum absolute atomic E-state index is 12.9. The molecule has 0 aromatic rings. The van der Waals surface area contributed by atoms with E-state index in [1.54, 1.807) is 0 Å². The summed E-state index contributed by atoms with van der Waals surface area (Å²) in [6.45, 7) is 6.59. The molecule has 0 bridgehead atoms. The van der Waals surface area contributed by atoms with Crippen molar-refractivity contribution in [1.82, 2.24) is 0 Å². The molecule has 1 atom stereocenters. The van der Waals surface area contributed by atoms with Crippen molar-refractivity contribution < 1.29 is 28.6 Å². The Bertz CT molecular complexity index is 1280. The van der Waals surface area contributed by atoms with Gasteiger partial charge in [0, 0.05) is 19.3 Å². The Morgan fingerprint density at radius 3 is 0.873 bits per heavy atom. The van der Waals surface area contributed by atoms with Crippen LogP contribution in [0.5, 0.6) is 0 Å². The monoisotopic (exact) mass is 993 g/mol. The van der Waals surface area contributed by atoms with Gasteiger partial charge >= 0.3 is 17.9 Å². The average Bonchev–Trinajstić information content (AvgIpc) is 3.37. The minimum absolute atomic E-state index is 0.0946. The first-order valence-electron chi connectivity index (χ1n) is 30.8. The van der Waals surface area contributed by atoms with Crippen molar-refractivity contribution >= 4 is 17.9 Å². The van der Waals surface area contributed by atoms with Gasteiger partial charge < -0.3 is 14.2 Å². The van der Waals surface area contributed by atoms with Gasteiger partial charge in [-0.15, -0.1) is 0 Å². The zero-order chi connectivity index (χ0) is 51.4. The third-order valence-corrected chi connectivity index (χ3v) is 13.5. The van der Waals surface area contributed by atoms with E-state index in [1.807, 2.05) is 0 Å². The molecule has 0 aliphatic heterocycles. The summed E-state index contributed by atoms with van der Waals surface area (Å²) in [6.07, 6.45) is 75.1. The van der Waals surface area contributed by atoms with Gasteiger partial charge in [0.15, 0.2) is 6.10 Å². The number of hydrogen-bond donors (Lipinski definition) is 0. The van der Waals surface area contributed by atoms with Gasteiger partial charge in [-0.2, -0.15) is 0 Å². The van der Waals surface area contributed by atoms with E-state index in [0.717, 1.165) is 77.0 Å². The normalized spacial score (nSPS) is 12.4. The standard InChI is InChI=1S/C65H116O6/c1-4-7-10-13-16-19-22-25-28-30-31-32-33-35-38-41-44-47-50-53-56-59-65(68)71-62(60-69-63(66)57-54-51-48-45-42-39-36-27-24-21-18-15-12-9-6-3)61-70-64(67)58-55-52-49-46-43-40-37-34-29-26-23-20-17-14-11-8-5-2/h18,21,26-27,29,36-37,40,46,49,62H,4-17,19-20,22-25,28,30-35,38-39,41-45,47-48,50-61H2,1-3H3/b21-18-,29-26-,36-27-,40-37-,49-46-/t62-/m1/s1. The molecule has 0 heterocycles. The molecule has 0 amide bonds. The van der Waals surface area contributed by atoms with Crippen LogP contribution in [0.4, 0.5) is 0 Å². The Balaban J connectivity index is 4.41. The number of allylic oxidation sites excluding steroid dienone is 10. The van der Waals surface area contributed by atoms with Crippen molar-refractivity contribution in [2.24, 2.45) is 0 Å². The van der Waals surface area contributed by atoms with Gasteiger partial charge in [0.25, 0.3) is 0 Å². The highest BCUT2D eigenvalue weighted by Gasteiger charge is 2.19. The lowest BCUT2D eigenvalue weighted by Gasteiger charge is -2.18. The van der Waals surface area contributed by atoms with Crippen molar-refractivity contribution in [2.45, 2.75) is 322 Å². The van der Waals surface area contributed by atoms with Gasteiger partial charge in [-0.3, -0.25) is 14.4 Å². The highest BCUT2D eigenvalue weighted by Crippen LogP contribution is 2.17. The second-order valence-electron chi connectivity index (χ2n) is 20.6. The van der Waals surface area contributed by atoms with Crippen molar-refractivity contribution in [3.05, 3.63) is 60.8 Å². The smallest absolute Gasteiger partial charge is 0.306 e. The third kappa shape index (κ3) is 57.9. The minimum atomic E-state index is -0.799. The quantitative estimate of drug-likeness (QED) is 0.0261. The van der Waals surface area contributed by atoms with E-state index in [-0.39, 0.29) is 37.5 Å². The van der Waals surface area contributed by atoms with E-state index in [0.29, 0.717) is 19.3 Å². The molecule has 0 saturated carbocycles. The fraction of sp³-hybridized carbons (Fsp3) is 0.800. The minimum Gasteiger partial charge on any atom is -0.462 e. The van der Waals surface area contributed by atoms with E-state index >= 15 is 0 Å². The number of rotatable bonds is 56. The molecule has 71 heavy (non-hydrogen) atoms. The van der Waals surface area contributed by atoms with Crippen molar-refractivity contribution in [3.8, 4) is 0 Å². The summed E-state index contributed by atoms with van der Waals surface area (Å²) >= 11 is 0. The molecule has 0 aliphatic carbocycles. The maximum atomic E-state index is 12.9. The molecular weight excluding hydrogens is 877 g/mol. The Morgan fingerprint density at radius 2 is 0.521 bits per heavy atom. The molecule has 0 unspecified atom stereocenters. The SMILES string of the molecule is CCCCC/C=C\C/C=C\CCCCCCCC(=O)OC[C@H](COC(=O)CCC/C=C\C/C=C\C/C=C\CCCCCCCC)OC(=O)CCCCCCCCCCCCCCCCCCCCCCC. The highest BCUT2D eigenvalue weighted by molar-refractivity contribution is 5.71. The summed E-state index contributed by atoms with van der Waals surface area (Å²) in [5, 5.41) is 0. The van der Waals surface area contributed by atoms with Crippen LogP contribution in [-0.2, 0) is 28.6 Å². The Kier molecular flexibility index (Phi) is 57.2. The van der Waals surface area contributed by atoms with Crippen molar-refractivity contribution in [2.75, 3.05) is 13.2 Å². The van der Waals surface area contributed by atoms with Crippen molar-refractivity contribution in [1.29, 1.82) is 0 Å². The van der Waals surface area contributed by atoms with Crippen LogP contribution in [-0.4, -0.2) is 37.2 Å². The van der Waals surface area contributed by atoms with Gasteiger partial charge in [-0.1, -0.05) is 274 Å². The van der Waals surface area contributed by atoms with Gasteiger partial charge in [0.05, 0.1) is 0 Å². The van der Waals surface area contributed by atoms with E-state index in [2.05, 4.69) is 81.5 Å². The highest BCUT2D eigenvalue weighted by atomic mass is 16.6. The second kappa shape index (κ2) is 59.7. The Morgan fingerprint density at radius 1 is 0.282 bits per heavy atom. The van der Waals surface area contributed by atoms with Gasteiger partial charge in [-0.25, -0.2) is 0 Å². The van der Waals surface area contributed by atoms with Crippen LogP contribution in [0.2, 0.25) is 0 Å². The molecule has 0 radical (unpaired) electrons. The largest absolute Gasteiger partial charge is 0.462 e. The Hall–Kier alpha value is -2.89.